The lowest BCUT2D eigenvalue weighted by atomic mass is 10.0. The van der Waals surface area contributed by atoms with E-state index < -0.39 is 21.7 Å². The minimum absolute atomic E-state index is 0.0499. The highest BCUT2D eigenvalue weighted by atomic mass is 32.2. The Bertz CT molecular complexity index is 386. The molecule has 0 aromatic heterocycles. The van der Waals surface area contributed by atoms with Gasteiger partial charge in [-0.1, -0.05) is 0 Å². The summed E-state index contributed by atoms with van der Waals surface area (Å²) in [6, 6.07) is 0. The van der Waals surface area contributed by atoms with Crippen LogP contribution in [-0.4, -0.2) is 42.4 Å². The molecule has 0 saturated carbocycles. The Morgan fingerprint density at radius 1 is 1.47 bits per heavy atom. The van der Waals surface area contributed by atoms with Crippen LogP contribution in [0.1, 0.15) is 33.6 Å². The first-order valence-electron chi connectivity index (χ1n) is 5.62. The van der Waals surface area contributed by atoms with Crippen LogP contribution in [0.2, 0.25) is 0 Å². The molecular weight excluding hydrogens is 244 g/mol. The predicted octanol–water partition coefficient (Wildman–Crippen LogP) is 0.416. The van der Waals surface area contributed by atoms with Crippen molar-refractivity contribution in [2.45, 2.75) is 39.2 Å². The van der Waals surface area contributed by atoms with Crippen molar-refractivity contribution < 1.29 is 18.3 Å². The molecular formula is C10H20N2O4S. The highest BCUT2D eigenvalue weighted by molar-refractivity contribution is 7.87. The molecule has 6 nitrogen and oxygen atoms in total. The van der Waals surface area contributed by atoms with Gasteiger partial charge >= 0.3 is 5.97 Å². The quantitative estimate of drug-likeness (QED) is 0.773. The summed E-state index contributed by atoms with van der Waals surface area (Å²) in [5.74, 6) is -0.797. The summed E-state index contributed by atoms with van der Waals surface area (Å²) >= 11 is 0. The maximum atomic E-state index is 11.8. The van der Waals surface area contributed by atoms with Crippen molar-refractivity contribution in [3.63, 3.8) is 0 Å². The van der Waals surface area contributed by atoms with Crippen LogP contribution in [0.4, 0.5) is 0 Å². The first kappa shape index (κ1) is 14.4. The third-order valence-electron chi connectivity index (χ3n) is 2.78. The Morgan fingerprint density at radius 2 is 2.06 bits per heavy atom. The van der Waals surface area contributed by atoms with Crippen molar-refractivity contribution in [1.29, 1.82) is 0 Å². The third-order valence-corrected chi connectivity index (χ3v) is 4.59. The zero-order chi connectivity index (χ0) is 13.3. The van der Waals surface area contributed by atoms with Gasteiger partial charge in [0.25, 0.3) is 10.2 Å². The van der Waals surface area contributed by atoms with Crippen LogP contribution in [0.25, 0.3) is 0 Å². The molecule has 100 valence electrons. The van der Waals surface area contributed by atoms with Gasteiger partial charge in [0.2, 0.25) is 0 Å². The molecule has 1 aliphatic rings. The lowest BCUT2D eigenvalue weighted by Gasteiger charge is -2.40. The minimum atomic E-state index is -3.42. The first-order valence-corrected chi connectivity index (χ1v) is 7.06. The second-order valence-corrected chi connectivity index (χ2v) is 7.03. The molecule has 1 saturated heterocycles. The van der Waals surface area contributed by atoms with Crippen LogP contribution in [-0.2, 0) is 15.0 Å². The molecule has 1 aliphatic heterocycles. The van der Waals surface area contributed by atoms with Crippen molar-refractivity contribution in [2.75, 3.05) is 13.1 Å². The fourth-order valence-electron chi connectivity index (χ4n) is 1.85. The van der Waals surface area contributed by atoms with E-state index in [9.17, 15) is 13.2 Å². The molecule has 2 N–H and O–H groups in total. The maximum Gasteiger partial charge on any atom is 0.303 e. The van der Waals surface area contributed by atoms with Gasteiger partial charge in [-0.25, -0.2) is 4.72 Å². The van der Waals surface area contributed by atoms with E-state index in [0.717, 1.165) is 0 Å². The van der Waals surface area contributed by atoms with Gasteiger partial charge in [-0.15, -0.1) is 0 Å². The summed E-state index contributed by atoms with van der Waals surface area (Å²) in [6.45, 7) is 6.18. The van der Waals surface area contributed by atoms with Crippen molar-refractivity contribution in [3.8, 4) is 0 Å². The van der Waals surface area contributed by atoms with E-state index in [1.165, 1.54) is 4.31 Å². The SMILES string of the molecule is CC(C)(C)N1CC(CCC(=O)O)CNS1(=O)=O. The monoisotopic (exact) mass is 264 g/mol. The van der Waals surface area contributed by atoms with Crippen molar-refractivity contribution in [3.05, 3.63) is 0 Å². The summed E-state index contributed by atoms with van der Waals surface area (Å²) in [4.78, 5) is 10.5. The molecule has 0 amide bonds. The number of aliphatic carboxylic acids is 1. The zero-order valence-corrected chi connectivity index (χ0v) is 11.2. The van der Waals surface area contributed by atoms with E-state index in [1.54, 1.807) is 0 Å². The third kappa shape index (κ3) is 3.93. The zero-order valence-electron chi connectivity index (χ0n) is 10.4. The fourth-order valence-corrected chi connectivity index (χ4v) is 3.58. The summed E-state index contributed by atoms with van der Waals surface area (Å²) in [5.41, 5.74) is -0.492. The highest BCUT2D eigenvalue weighted by Gasteiger charge is 2.38. The lowest BCUT2D eigenvalue weighted by molar-refractivity contribution is -0.137. The van der Waals surface area contributed by atoms with Crippen LogP contribution < -0.4 is 4.72 Å². The Hall–Kier alpha value is -0.660. The van der Waals surface area contributed by atoms with E-state index >= 15 is 0 Å². The fraction of sp³-hybridized carbons (Fsp3) is 0.900. The van der Waals surface area contributed by atoms with Gasteiger partial charge in [-0.2, -0.15) is 12.7 Å². The standard InChI is InChI=1S/C10H20N2O4S/c1-10(2,3)12-7-8(4-5-9(13)14)6-11-17(12,15)16/h8,11H,4-7H2,1-3H3,(H,13,14). The van der Waals surface area contributed by atoms with Crippen LogP contribution in [0, 0.1) is 5.92 Å². The van der Waals surface area contributed by atoms with Crippen molar-refractivity contribution in [1.82, 2.24) is 9.03 Å². The second-order valence-electron chi connectivity index (χ2n) is 5.35. The molecule has 7 heteroatoms. The topological polar surface area (TPSA) is 86.7 Å². The van der Waals surface area contributed by atoms with Gasteiger partial charge in [0.05, 0.1) is 0 Å². The first-order chi connectivity index (χ1) is 7.63. The summed E-state index contributed by atoms with van der Waals surface area (Å²) < 4.78 is 27.5. The molecule has 1 atom stereocenters. The van der Waals surface area contributed by atoms with Gasteiger partial charge in [0.1, 0.15) is 0 Å². The molecule has 0 bridgehead atoms. The number of nitrogens with one attached hydrogen (secondary N) is 1. The van der Waals surface area contributed by atoms with E-state index in [0.29, 0.717) is 19.5 Å². The second kappa shape index (κ2) is 4.91. The number of hydrogen-bond acceptors (Lipinski definition) is 3. The minimum Gasteiger partial charge on any atom is -0.481 e. The predicted molar refractivity (Wildman–Crippen MR) is 63.7 cm³/mol. The summed E-state index contributed by atoms with van der Waals surface area (Å²) in [5, 5.41) is 8.62. The molecule has 0 aromatic rings. The molecule has 0 aliphatic carbocycles. The summed E-state index contributed by atoms with van der Waals surface area (Å²) in [6.07, 6.45) is 0.564. The van der Waals surface area contributed by atoms with E-state index in [-0.39, 0.29) is 12.3 Å². The van der Waals surface area contributed by atoms with Crippen molar-refractivity contribution >= 4 is 16.2 Å². The largest absolute Gasteiger partial charge is 0.481 e. The number of carboxylic acid groups (broad SMARTS) is 1. The Morgan fingerprint density at radius 3 is 2.53 bits per heavy atom. The van der Waals surface area contributed by atoms with E-state index in [1.807, 2.05) is 20.8 Å². The van der Waals surface area contributed by atoms with Crippen molar-refractivity contribution in [2.24, 2.45) is 5.92 Å². The van der Waals surface area contributed by atoms with Gasteiger partial charge in [-0.3, -0.25) is 4.79 Å². The number of carboxylic acids is 1. The number of hydrogen-bond donors (Lipinski definition) is 2. The Balaban J connectivity index is 2.71. The molecule has 1 heterocycles. The molecule has 0 radical (unpaired) electrons. The number of rotatable bonds is 3. The maximum absolute atomic E-state index is 11.8. The molecule has 17 heavy (non-hydrogen) atoms. The van der Waals surface area contributed by atoms with E-state index in [2.05, 4.69) is 4.72 Å². The average molecular weight is 264 g/mol. The van der Waals surface area contributed by atoms with Crippen LogP contribution in [0.5, 0.6) is 0 Å². The van der Waals surface area contributed by atoms with Gasteiger partial charge < -0.3 is 5.11 Å². The lowest BCUT2D eigenvalue weighted by Crippen LogP contribution is -2.58. The summed E-state index contributed by atoms with van der Waals surface area (Å²) in [7, 11) is -3.42. The van der Waals surface area contributed by atoms with Gasteiger partial charge in [0.15, 0.2) is 0 Å². The molecule has 0 aromatic carbocycles. The average Bonchev–Trinajstić information content (AvgIpc) is 2.13. The molecule has 1 rings (SSSR count). The molecule has 1 unspecified atom stereocenters. The Labute approximate surface area is 102 Å². The number of nitrogens with zero attached hydrogens (tertiary/aromatic N) is 1. The smallest absolute Gasteiger partial charge is 0.303 e. The number of carbonyl (C=O) groups is 1. The van der Waals surface area contributed by atoms with Gasteiger partial charge in [-0.05, 0) is 33.1 Å². The molecule has 0 spiro atoms. The van der Waals surface area contributed by atoms with Crippen LogP contribution >= 0.6 is 0 Å². The normalized spacial score (nSPS) is 25.7. The Kier molecular flexibility index (Phi) is 4.16. The van der Waals surface area contributed by atoms with Crippen LogP contribution in [0.3, 0.4) is 0 Å². The highest BCUT2D eigenvalue weighted by Crippen LogP contribution is 2.24. The van der Waals surface area contributed by atoms with Crippen LogP contribution in [0.15, 0.2) is 0 Å². The van der Waals surface area contributed by atoms with Gasteiger partial charge in [0, 0.05) is 25.0 Å². The van der Waals surface area contributed by atoms with E-state index in [4.69, 9.17) is 5.11 Å². The molecule has 1 fully saturated rings.